The molecular weight excluding hydrogens is 910 g/mol. The third kappa shape index (κ3) is 10.9. The van der Waals surface area contributed by atoms with Crippen LogP contribution in [0.3, 0.4) is 0 Å². The molecule has 5 heterocycles. The van der Waals surface area contributed by atoms with Crippen molar-refractivity contribution in [2.75, 3.05) is 70.9 Å². The van der Waals surface area contributed by atoms with Crippen LogP contribution in [0, 0.1) is 11.3 Å². The zero-order chi connectivity index (χ0) is 46.9. The Bertz CT molecular complexity index is 2760. The number of piperazine rings is 1. The van der Waals surface area contributed by atoms with Crippen LogP contribution in [-0.4, -0.2) is 117 Å². The number of hydrogen-bond donors (Lipinski definition) is 2. The topological polar surface area (TPSA) is 140 Å². The lowest BCUT2D eigenvalue weighted by molar-refractivity contribution is -0.137. The van der Waals surface area contributed by atoms with Gasteiger partial charge in [0.2, 0.25) is 5.91 Å². The van der Waals surface area contributed by atoms with Crippen LogP contribution in [0.25, 0.3) is 16.6 Å². The molecule has 3 aliphatic heterocycles. The Morgan fingerprint density at radius 1 is 0.896 bits per heavy atom. The summed E-state index contributed by atoms with van der Waals surface area (Å²) in [5, 5.41) is 1.67. The SMILES string of the molecule is CN1CCCC1C(=O)N1CCC(COc2ccc(S(=O)(=O)NC(=O)c3ccc(N4CCN(CC5=C(c6ccc(Cl)cc6)CC(C)(C)CC5)CC4)cc3Oc3cnc4[nH]ccc4c3)cc2Cl)CC1. The molecule has 3 aromatic carbocycles. The molecular formula is C51H59Cl2N7O6S. The molecule has 2 N–H and O–H groups in total. The van der Waals surface area contributed by atoms with E-state index in [0.717, 1.165) is 100 Å². The van der Waals surface area contributed by atoms with Crippen molar-refractivity contribution in [2.45, 2.75) is 69.7 Å². The van der Waals surface area contributed by atoms with Gasteiger partial charge in [0.1, 0.15) is 22.9 Å². The molecule has 1 aliphatic carbocycles. The smallest absolute Gasteiger partial charge is 0.268 e. The van der Waals surface area contributed by atoms with Gasteiger partial charge in [-0.2, -0.15) is 0 Å². The highest BCUT2D eigenvalue weighted by Crippen LogP contribution is 2.43. The molecule has 2 aromatic heterocycles. The number of sulfonamides is 1. The Labute approximate surface area is 403 Å². The molecule has 1 unspecified atom stereocenters. The number of nitrogens with zero attached hydrogens (tertiary/aromatic N) is 5. The lowest BCUT2D eigenvalue weighted by Gasteiger charge is -2.39. The van der Waals surface area contributed by atoms with Gasteiger partial charge in [0.15, 0.2) is 0 Å². The van der Waals surface area contributed by atoms with Crippen molar-refractivity contribution < 1.29 is 27.5 Å². The van der Waals surface area contributed by atoms with E-state index < -0.39 is 15.9 Å². The van der Waals surface area contributed by atoms with E-state index in [0.29, 0.717) is 36.8 Å². The van der Waals surface area contributed by atoms with Crippen LogP contribution in [0.4, 0.5) is 5.69 Å². The Morgan fingerprint density at radius 3 is 2.40 bits per heavy atom. The number of likely N-dealkylation sites (N-methyl/N-ethyl adjacent to an activating group) is 1. The number of likely N-dealkylation sites (tertiary alicyclic amines) is 2. The average Bonchev–Trinajstić information content (AvgIpc) is 3.98. The number of carbonyl (C=O) groups excluding carboxylic acids is 2. The van der Waals surface area contributed by atoms with Gasteiger partial charge in [-0.15, -0.1) is 0 Å². The first-order valence-electron chi connectivity index (χ1n) is 23.4. The van der Waals surface area contributed by atoms with Crippen LogP contribution in [-0.2, 0) is 14.8 Å². The van der Waals surface area contributed by atoms with E-state index in [1.165, 1.54) is 34.9 Å². The number of piperidine rings is 1. The lowest BCUT2D eigenvalue weighted by Crippen LogP contribution is -2.47. The maximum Gasteiger partial charge on any atom is 0.268 e. The van der Waals surface area contributed by atoms with Gasteiger partial charge in [-0.1, -0.05) is 54.8 Å². The van der Waals surface area contributed by atoms with Crippen LogP contribution in [0.1, 0.15) is 74.7 Å². The van der Waals surface area contributed by atoms with Gasteiger partial charge in [-0.05, 0) is 136 Å². The standard InChI is InChI=1S/C51H59Cl2N7O6S/c1-51(2)18-14-37(43(30-51)35-6-8-38(52)9-7-35)32-58-23-25-59(26-24-58)39-10-12-42(47(28-39)66-40-27-36-15-19-54-48(36)55-31-40)49(61)56-67(63,64)41-11-13-46(44(53)29-41)65-33-34-16-21-60(22-17-34)50(62)45-5-4-20-57(45)3/h6-13,15,19,27-29,31,34,45H,4-5,14,16-18,20-26,30,32-33H2,1-3H3,(H,54,55)(H,56,61). The summed E-state index contributed by atoms with van der Waals surface area (Å²) in [4.78, 5) is 43.3. The lowest BCUT2D eigenvalue weighted by atomic mass is 9.72. The molecule has 0 saturated carbocycles. The molecule has 2 amide bonds. The van der Waals surface area contributed by atoms with E-state index in [2.05, 4.69) is 55.4 Å². The number of carbonyl (C=O) groups is 2. The number of pyridine rings is 1. The van der Waals surface area contributed by atoms with Gasteiger partial charge in [0.25, 0.3) is 15.9 Å². The molecule has 0 bridgehead atoms. The molecule has 354 valence electrons. The highest BCUT2D eigenvalue weighted by atomic mass is 35.5. The van der Waals surface area contributed by atoms with E-state index in [1.807, 2.05) is 42.3 Å². The molecule has 67 heavy (non-hydrogen) atoms. The number of amides is 2. The van der Waals surface area contributed by atoms with Gasteiger partial charge >= 0.3 is 0 Å². The number of ether oxygens (including phenoxy) is 2. The minimum Gasteiger partial charge on any atom is -0.492 e. The summed E-state index contributed by atoms with van der Waals surface area (Å²) >= 11 is 12.9. The van der Waals surface area contributed by atoms with Crippen molar-refractivity contribution in [3.05, 3.63) is 112 Å². The van der Waals surface area contributed by atoms with Crippen LogP contribution in [0.15, 0.2) is 95.7 Å². The predicted molar refractivity (Wildman–Crippen MR) is 264 cm³/mol. The van der Waals surface area contributed by atoms with Gasteiger partial charge in [-0.3, -0.25) is 19.4 Å². The fourth-order valence-corrected chi connectivity index (χ4v) is 11.4. The van der Waals surface area contributed by atoms with E-state index in [1.54, 1.807) is 24.5 Å². The minimum absolute atomic E-state index is 0.0256. The van der Waals surface area contributed by atoms with Gasteiger partial charge in [0.05, 0.1) is 34.3 Å². The number of fused-ring (bicyclic) bond motifs is 1. The third-order valence-corrected chi connectivity index (χ3v) is 15.9. The molecule has 3 fully saturated rings. The zero-order valence-corrected chi connectivity index (χ0v) is 40.7. The fraction of sp³-hybridized carbons (Fsp3) is 0.431. The molecule has 0 radical (unpaired) electrons. The van der Waals surface area contributed by atoms with Gasteiger partial charge < -0.3 is 24.3 Å². The van der Waals surface area contributed by atoms with Crippen molar-refractivity contribution in [3.63, 3.8) is 0 Å². The van der Waals surface area contributed by atoms with Crippen molar-refractivity contribution in [1.82, 2.24) is 29.4 Å². The summed E-state index contributed by atoms with van der Waals surface area (Å²) in [6, 6.07) is 21.3. The van der Waals surface area contributed by atoms with E-state index in [-0.39, 0.29) is 44.5 Å². The summed E-state index contributed by atoms with van der Waals surface area (Å²) in [6.07, 6.45) is 10.2. The number of halogens is 2. The second kappa shape index (κ2) is 19.8. The maximum atomic E-state index is 14.0. The second-order valence-electron chi connectivity index (χ2n) is 19.3. The monoisotopic (exact) mass is 967 g/mol. The number of H-pyrrole nitrogens is 1. The molecule has 4 aliphatic rings. The number of aromatic nitrogens is 2. The highest BCUT2D eigenvalue weighted by molar-refractivity contribution is 7.90. The number of allylic oxidation sites excluding steroid dienone is 1. The summed E-state index contributed by atoms with van der Waals surface area (Å²) in [5.41, 5.74) is 5.97. The average molecular weight is 969 g/mol. The van der Waals surface area contributed by atoms with E-state index in [9.17, 15) is 18.0 Å². The molecule has 9 rings (SSSR count). The van der Waals surface area contributed by atoms with Crippen molar-refractivity contribution in [2.24, 2.45) is 11.3 Å². The van der Waals surface area contributed by atoms with Crippen molar-refractivity contribution >= 4 is 67.3 Å². The maximum absolute atomic E-state index is 14.0. The van der Waals surface area contributed by atoms with Crippen LogP contribution in [0.2, 0.25) is 10.0 Å². The Hall–Kier alpha value is -5.12. The van der Waals surface area contributed by atoms with Crippen LogP contribution in [0.5, 0.6) is 17.2 Å². The first kappa shape index (κ1) is 47.0. The third-order valence-electron chi connectivity index (χ3n) is 14.0. The molecule has 1 atom stereocenters. The van der Waals surface area contributed by atoms with E-state index in [4.69, 9.17) is 32.7 Å². The number of aromatic amines is 1. The molecule has 0 spiro atoms. The number of rotatable bonds is 13. The zero-order valence-electron chi connectivity index (χ0n) is 38.4. The predicted octanol–water partition coefficient (Wildman–Crippen LogP) is 9.28. The number of anilines is 1. The number of hydrogen-bond acceptors (Lipinski definition) is 10. The highest BCUT2D eigenvalue weighted by Gasteiger charge is 2.34. The summed E-state index contributed by atoms with van der Waals surface area (Å²) in [6.45, 7) is 11.5. The van der Waals surface area contributed by atoms with Gasteiger partial charge in [0, 0.05) is 74.2 Å². The summed E-state index contributed by atoms with van der Waals surface area (Å²) < 4.78 is 42.2. The summed E-state index contributed by atoms with van der Waals surface area (Å²) in [5.74, 6) is 0.504. The summed E-state index contributed by atoms with van der Waals surface area (Å²) in [7, 11) is -2.36. The van der Waals surface area contributed by atoms with Crippen LogP contribution < -0.4 is 19.1 Å². The minimum atomic E-state index is -4.38. The Morgan fingerprint density at radius 2 is 1.67 bits per heavy atom. The number of benzene rings is 3. The fourth-order valence-electron chi connectivity index (χ4n) is 9.94. The first-order valence-corrected chi connectivity index (χ1v) is 25.6. The van der Waals surface area contributed by atoms with Gasteiger partial charge in [-0.25, -0.2) is 18.1 Å². The molecule has 3 saturated heterocycles. The largest absolute Gasteiger partial charge is 0.492 e. The van der Waals surface area contributed by atoms with E-state index >= 15 is 0 Å². The molecule has 5 aromatic rings. The Kier molecular flexibility index (Phi) is 13.9. The number of nitrogens with one attached hydrogen (secondary N) is 2. The van der Waals surface area contributed by atoms with Crippen molar-refractivity contribution in [1.29, 1.82) is 0 Å². The molecule has 16 heteroatoms. The normalized spacial score (nSPS) is 19.8. The quantitative estimate of drug-likeness (QED) is 0.117. The van der Waals surface area contributed by atoms with Crippen LogP contribution >= 0.6 is 23.2 Å². The Balaban J connectivity index is 0.860. The first-order chi connectivity index (χ1) is 32.2. The van der Waals surface area contributed by atoms with Crippen molar-refractivity contribution in [3.8, 4) is 17.2 Å². The second-order valence-corrected chi connectivity index (χ2v) is 21.8. The molecule has 13 nitrogen and oxygen atoms in total.